The van der Waals surface area contributed by atoms with Gasteiger partial charge in [-0.25, -0.2) is 8.42 Å². The highest BCUT2D eigenvalue weighted by atomic mass is 32.2. The number of carbonyl (C=O) groups is 1. The van der Waals surface area contributed by atoms with Crippen LogP contribution in [0.5, 0.6) is 11.5 Å². The maximum atomic E-state index is 12.7. The number of para-hydroxylation sites is 2. The Kier molecular flexibility index (Phi) is 6.05. The van der Waals surface area contributed by atoms with E-state index in [1.807, 2.05) is 0 Å². The number of anilines is 2. The fourth-order valence-corrected chi connectivity index (χ4v) is 4.01. The van der Waals surface area contributed by atoms with Gasteiger partial charge < -0.3 is 19.9 Å². The summed E-state index contributed by atoms with van der Waals surface area (Å²) in [5.41, 5.74) is 0.324. The van der Waals surface area contributed by atoms with Crippen LogP contribution in [0.3, 0.4) is 0 Å². The van der Waals surface area contributed by atoms with Crippen LogP contribution >= 0.6 is 0 Å². The van der Waals surface area contributed by atoms with Crippen molar-refractivity contribution in [1.29, 1.82) is 0 Å². The molecule has 3 N–H and O–H groups in total. The monoisotopic (exact) mass is 406 g/mol. The Bertz CT molecular complexity index is 955. The van der Waals surface area contributed by atoms with E-state index in [4.69, 9.17) is 9.47 Å². The van der Waals surface area contributed by atoms with Gasteiger partial charge in [0, 0.05) is 19.1 Å². The summed E-state index contributed by atoms with van der Waals surface area (Å²) in [4.78, 5) is 12.3. The number of amides is 1. The number of rotatable bonds is 6. The second-order valence-corrected chi connectivity index (χ2v) is 8.04. The number of methoxy groups -OCH3 is 1. The number of hydrogen-bond donors (Lipinski definition) is 3. The fourth-order valence-electron chi connectivity index (χ4n) is 2.91. The molecule has 2 aromatic carbocycles. The van der Waals surface area contributed by atoms with Gasteiger partial charge in [0.15, 0.2) is 0 Å². The molecule has 0 aliphatic carbocycles. The van der Waals surface area contributed by atoms with E-state index in [-0.39, 0.29) is 33.8 Å². The van der Waals surface area contributed by atoms with Crippen molar-refractivity contribution in [2.75, 3.05) is 30.4 Å². The van der Waals surface area contributed by atoms with Crippen LogP contribution in [0.4, 0.5) is 11.4 Å². The molecule has 1 aliphatic heterocycles. The lowest BCUT2D eigenvalue weighted by molar-refractivity contribution is -0.122. The summed E-state index contributed by atoms with van der Waals surface area (Å²) in [7, 11) is -2.52. The van der Waals surface area contributed by atoms with Crippen molar-refractivity contribution in [3.05, 3.63) is 42.5 Å². The molecule has 1 amide bonds. The largest absolute Gasteiger partial charge is 0.506 e. The lowest BCUT2D eigenvalue weighted by atomic mass is 9.99. The van der Waals surface area contributed by atoms with Crippen LogP contribution in [0.15, 0.2) is 47.4 Å². The molecule has 1 saturated heterocycles. The third-order valence-electron chi connectivity index (χ3n) is 4.48. The second-order valence-electron chi connectivity index (χ2n) is 6.36. The summed E-state index contributed by atoms with van der Waals surface area (Å²) in [6.45, 7) is 1.00. The van der Waals surface area contributed by atoms with Crippen molar-refractivity contribution < 1.29 is 27.8 Å². The van der Waals surface area contributed by atoms with E-state index in [2.05, 4.69) is 10.0 Å². The van der Waals surface area contributed by atoms with Crippen molar-refractivity contribution in [1.82, 2.24) is 0 Å². The average molecular weight is 406 g/mol. The molecule has 0 unspecified atom stereocenters. The fraction of sp³-hybridized carbons (Fsp3) is 0.316. The smallest absolute Gasteiger partial charge is 0.262 e. The zero-order valence-electron chi connectivity index (χ0n) is 15.3. The second kappa shape index (κ2) is 8.49. The summed E-state index contributed by atoms with van der Waals surface area (Å²) in [5.74, 6) is -0.347. The molecule has 8 nitrogen and oxygen atoms in total. The lowest BCUT2D eigenvalue weighted by Gasteiger charge is -2.21. The molecular formula is C19H22N2O6S. The molecule has 150 valence electrons. The molecule has 0 spiro atoms. The zero-order valence-corrected chi connectivity index (χ0v) is 16.2. The van der Waals surface area contributed by atoms with E-state index in [9.17, 15) is 18.3 Å². The Morgan fingerprint density at radius 3 is 2.57 bits per heavy atom. The maximum absolute atomic E-state index is 12.7. The highest BCUT2D eigenvalue weighted by molar-refractivity contribution is 7.92. The van der Waals surface area contributed by atoms with E-state index in [0.29, 0.717) is 31.8 Å². The van der Waals surface area contributed by atoms with E-state index >= 15 is 0 Å². The van der Waals surface area contributed by atoms with Crippen LogP contribution in [0.1, 0.15) is 12.8 Å². The summed E-state index contributed by atoms with van der Waals surface area (Å²) < 4.78 is 38.3. The topological polar surface area (TPSA) is 114 Å². The first kappa shape index (κ1) is 20.0. The van der Waals surface area contributed by atoms with Gasteiger partial charge in [-0.3, -0.25) is 9.52 Å². The molecule has 1 aliphatic rings. The standard InChI is InChI=1S/C19H22N2O6S/c1-26-18-5-3-2-4-15(18)21-28(24,25)14-6-7-17(22)16(12-14)20-19(23)13-8-10-27-11-9-13/h2-7,12-13,21-22H,8-11H2,1H3,(H,20,23). The number of carbonyl (C=O) groups excluding carboxylic acids is 1. The Morgan fingerprint density at radius 1 is 1.14 bits per heavy atom. The molecular weight excluding hydrogens is 384 g/mol. The molecule has 2 aromatic rings. The predicted molar refractivity (Wildman–Crippen MR) is 104 cm³/mol. The molecule has 0 aromatic heterocycles. The minimum atomic E-state index is -3.96. The first-order valence-electron chi connectivity index (χ1n) is 8.78. The summed E-state index contributed by atoms with van der Waals surface area (Å²) >= 11 is 0. The maximum Gasteiger partial charge on any atom is 0.262 e. The number of aromatic hydroxyl groups is 1. The van der Waals surface area contributed by atoms with Gasteiger partial charge in [0.2, 0.25) is 5.91 Å². The number of phenolic OH excluding ortho intramolecular Hbond substituents is 1. The normalized spacial score (nSPS) is 15.0. The van der Waals surface area contributed by atoms with E-state index in [1.54, 1.807) is 24.3 Å². The van der Waals surface area contributed by atoms with Crippen LogP contribution in [0.2, 0.25) is 0 Å². The molecule has 0 radical (unpaired) electrons. The van der Waals surface area contributed by atoms with Crippen molar-refractivity contribution in [2.24, 2.45) is 5.92 Å². The molecule has 1 heterocycles. The van der Waals surface area contributed by atoms with Gasteiger partial charge in [-0.05, 0) is 43.2 Å². The van der Waals surface area contributed by atoms with Gasteiger partial charge >= 0.3 is 0 Å². The minimum Gasteiger partial charge on any atom is -0.506 e. The first-order valence-corrected chi connectivity index (χ1v) is 10.3. The molecule has 0 atom stereocenters. The van der Waals surface area contributed by atoms with Crippen LogP contribution in [0.25, 0.3) is 0 Å². The number of hydrogen-bond acceptors (Lipinski definition) is 6. The summed E-state index contributed by atoms with van der Waals surface area (Å²) in [6, 6.07) is 10.3. The number of nitrogens with one attached hydrogen (secondary N) is 2. The molecule has 9 heteroatoms. The van der Waals surface area contributed by atoms with Crippen molar-refractivity contribution in [3.63, 3.8) is 0 Å². The van der Waals surface area contributed by atoms with Crippen molar-refractivity contribution >= 4 is 27.3 Å². The Hall–Kier alpha value is -2.78. The number of sulfonamides is 1. The summed E-state index contributed by atoms with van der Waals surface area (Å²) in [5, 5.41) is 12.7. The average Bonchev–Trinajstić information content (AvgIpc) is 2.70. The molecule has 28 heavy (non-hydrogen) atoms. The quantitative estimate of drug-likeness (QED) is 0.636. The highest BCUT2D eigenvalue weighted by Gasteiger charge is 2.24. The highest BCUT2D eigenvalue weighted by Crippen LogP contribution is 2.30. The number of ether oxygens (including phenoxy) is 2. The van der Waals surface area contributed by atoms with Gasteiger partial charge in [-0.1, -0.05) is 12.1 Å². The third kappa shape index (κ3) is 4.55. The van der Waals surface area contributed by atoms with Gasteiger partial charge in [0.1, 0.15) is 11.5 Å². The first-order chi connectivity index (χ1) is 13.4. The van der Waals surface area contributed by atoms with Gasteiger partial charge in [-0.2, -0.15) is 0 Å². The van der Waals surface area contributed by atoms with Crippen LogP contribution in [0, 0.1) is 5.92 Å². The number of phenols is 1. The van der Waals surface area contributed by atoms with E-state index in [0.717, 1.165) is 0 Å². The van der Waals surface area contributed by atoms with Crippen LogP contribution in [-0.2, 0) is 19.6 Å². The molecule has 3 rings (SSSR count). The van der Waals surface area contributed by atoms with E-state index in [1.165, 1.54) is 25.3 Å². The Labute approximate surface area is 163 Å². The predicted octanol–water partition coefficient (Wildman–Crippen LogP) is 2.57. The van der Waals surface area contributed by atoms with E-state index < -0.39 is 10.0 Å². The van der Waals surface area contributed by atoms with Gasteiger partial charge in [0.05, 0.1) is 23.4 Å². The number of benzene rings is 2. The van der Waals surface area contributed by atoms with Crippen molar-refractivity contribution in [3.8, 4) is 11.5 Å². The Morgan fingerprint density at radius 2 is 1.86 bits per heavy atom. The van der Waals surface area contributed by atoms with Gasteiger partial charge in [0.25, 0.3) is 10.0 Å². The zero-order chi connectivity index (χ0) is 20.1. The SMILES string of the molecule is COc1ccccc1NS(=O)(=O)c1ccc(O)c(NC(=O)C2CCOCC2)c1. The minimum absolute atomic E-state index is 0.0411. The van der Waals surface area contributed by atoms with Crippen LogP contribution in [-0.4, -0.2) is 39.8 Å². The Balaban J connectivity index is 1.82. The van der Waals surface area contributed by atoms with Crippen LogP contribution < -0.4 is 14.8 Å². The molecule has 1 fully saturated rings. The third-order valence-corrected chi connectivity index (χ3v) is 5.84. The van der Waals surface area contributed by atoms with Crippen molar-refractivity contribution in [2.45, 2.75) is 17.7 Å². The van der Waals surface area contributed by atoms with Gasteiger partial charge in [-0.15, -0.1) is 0 Å². The lowest BCUT2D eigenvalue weighted by Crippen LogP contribution is -2.28. The molecule has 0 saturated carbocycles. The molecule has 0 bridgehead atoms. The summed E-state index contributed by atoms with van der Waals surface area (Å²) in [6.07, 6.45) is 1.17.